The molecule has 0 atom stereocenters. The lowest BCUT2D eigenvalue weighted by Gasteiger charge is -2.14. The molecule has 4 N–H and O–H groups in total. The molecular formula is C16H23N3O3. The van der Waals surface area contributed by atoms with Gasteiger partial charge in [0.1, 0.15) is 5.75 Å². The van der Waals surface area contributed by atoms with Crippen LogP contribution in [0.15, 0.2) is 18.2 Å². The van der Waals surface area contributed by atoms with Gasteiger partial charge in [0, 0.05) is 18.2 Å². The summed E-state index contributed by atoms with van der Waals surface area (Å²) in [6.45, 7) is 2.29. The van der Waals surface area contributed by atoms with Crippen LogP contribution in [-0.4, -0.2) is 31.0 Å². The zero-order valence-electron chi connectivity index (χ0n) is 12.9. The largest absolute Gasteiger partial charge is 0.482 e. The van der Waals surface area contributed by atoms with Crippen LogP contribution in [0.1, 0.15) is 43.0 Å². The Hall–Kier alpha value is -2.24. The molecule has 0 aliphatic heterocycles. The molecule has 0 saturated heterocycles. The fourth-order valence-corrected chi connectivity index (χ4v) is 2.55. The number of hydrogen-bond acceptors (Lipinski definition) is 4. The van der Waals surface area contributed by atoms with Crippen molar-refractivity contribution >= 4 is 17.5 Å². The number of carbonyl (C=O) groups is 2. The van der Waals surface area contributed by atoms with Crippen LogP contribution in [0.2, 0.25) is 0 Å². The fraction of sp³-hybridized carbons (Fsp3) is 0.500. The van der Waals surface area contributed by atoms with Gasteiger partial charge in [-0.1, -0.05) is 12.8 Å². The van der Waals surface area contributed by atoms with Crippen LogP contribution >= 0.6 is 0 Å². The maximum Gasteiger partial charge on any atom is 0.258 e. The molecule has 1 aromatic carbocycles. The van der Waals surface area contributed by atoms with E-state index in [1.807, 2.05) is 6.92 Å². The molecule has 6 heteroatoms. The highest BCUT2D eigenvalue weighted by atomic mass is 16.5. The van der Waals surface area contributed by atoms with E-state index in [0.29, 0.717) is 23.5 Å². The van der Waals surface area contributed by atoms with Gasteiger partial charge in [-0.3, -0.25) is 9.59 Å². The molecule has 1 aromatic rings. The van der Waals surface area contributed by atoms with Gasteiger partial charge < -0.3 is 21.1 Å². The molecule has 6 nitrogen and oxygen atoms in total. The van der Waals surface area contributed by atoms with Crippen LogP contribution in [-0.2, 0) is 4.79 Å². The Morgan fingerprint density at radius 3 is 2.73 bits per heavy atom. The number of nitrogen functional groups attached to an aromatic ring is 1. The van der Waals surface area contributed by atoms with E-state index >= 15 is 0 Å². The molecule has 0 aromatic heterocycles. The molecule has 1 fully saturated rings. The Bertz CT molecular complexity index is 539. The van der Waals surface area contributed by atoms with Crippen molar-refractivity contribution in [3.8, 4) is 5.75 Å². The van der Waals surface area contributed by atoms with Crippen molar-refractivity contribution in [1.82, 2.24) is 10.6 Å². The Morgan fingerprint density at radius 1 is 1.32 bits per heavy atom. The first-order valence-electron chi connectivity index (χ1n) is 7.70. The molecule has 0 heterocycles. The van der Waals surface area contributed by atoms with E-state index in [-0.39, 0.29) is 24.5 Å². The molecule has 0 bridgehead atoms. The molecule has 0 unspecified atom stereocenters. The van der Waals surface area contributed by atoms with Gasteiger partial charge in [-0.2, -0.15) is 0 Å². The molecule has 1 saturated carbocycles. The van der Waals surface area contributed by atoms with E-state index in [4.69, 9.17) is 10.5 Å². The van der Waals surface area contributed by atoms with Crippen molar-refractivity contribution in [2.75, 3.05) is 18.9 Å². The van der Waals surface area contributed by atoms with Gasteiger partial charge in [-0.25, -0.2) is 0 Å². The first kappa shape index (κ1) is 16.1. The lowest BCUT2D eigenvalue weighted by molar-refractivity contribution is -0.123. The Labute approximate surface area is 130 Å². The van der Waals surface area contributed by atoms with Crippen LogP contribution in [0, 0.1) is 0 Å². The van der Waals surface area contributed by atoms with Gasteiger partial charge in [-0.05, 0) is 38.0 Å². The van der Waals surface area contributed by atoms with Crippen molar-refractivity contribution in [1.29, 1.82) is 0 Å². The van der Waals surface area contributed by atoms with Gasteiger partial charge in [-0.15, -0.1) is 0 Å². The van der Waals surface area contributed by atoms with Crippen LogP contribution in [0.5, 0.6) is 5.75 Å². The van der Waals surface area contributed by atoms with Crippen molar-refractivity contribution in [3.63, 3.8) is 0 Å². The first-order chi connectivity index (χ1) is 10.6. The van der Waals surface area contributed by atoms with Crippen LogP contribution in [0.4, 0.5) is 5.69 Å². The standard InChI is InChI=1S/C16H23N3O3/c1-2-18-16(21)11-7-8-13(17)14(9-11)22-10-15(20)19-12-5-3-4-6-12/h7-9,12H,2-6,10,17H2,1H3,(H,18,21)(H,19,20). The summed E-state index contributed by atoms with van der Waals surface area (Å²) in [5.74, 6) is 0.00259. The predicted molar refractivity (Wildman–Crippen MR) is 84.8 cm³/mol. The van der Waals surface area contributed by atoms with Gasteiger partial charge in [0.05, 0.1) is 5.69 Å². The minimum absolute atomic E-state index is 0.0977. The summed E-state index contributed by atoms with van der Waals surface area (Å²) >= 11 is 0. The molecule has 2 amide bonds. The molecule has 1 aliphatic carbocycles. The number of ether oxygens (including phenoxy) is 1. The number of benzene rings is 1. The highest BCUT2D eigenvalue weighted by Gasteiger charge is 2.17. The van der Waals surface area contributed by atoms with E-state index < -0.39 is 0 Å². The summed E-state index contributed by atoms with van der Waals surface area (Å²) in [4.78, 5) is 23.6. The van der Waals surface area contributed by atoms with Gasteiger partial charge in [0.2, 0.25) is 0 Å². The molecule has 0 radical (unpaired) electrons. The normalized spacial score (nSPS) is 14.6. The SMILES string of the molecule is CCNC(=O)c1ccc(N)c(OCC(=O)NC2CCCC2)c1. The zero-order valence-corrected chi connectivity index (χ0v) is 12.9. The van der Waals surface area contributed by atoms with Gasteiger partial charge >= 0.3 is 0 Å². The Kier molecular flexibility index (Phi) is 5.63. The summed E-state index contributed by atoms with van der Waals surface area (Å²) in [5, 5.41) is 5.65. The summed E-state index contributed by atoms with van der Waals surface area (Å²) in [6.07, 6.45) is 4.38. The summed E-state index contributed by atoms with van der Waals surface area (Å²) in [6, 6.07) is 5.05. The maximum absolute atomic E-state index is 11.8. The quantitative estimate of drug-likeness (QED) is 0.694. The highest BCUT2D eigenvalue weighted by Crippen LogP contribution is 2.23. The molecule has 22 heavy (non-hydrogen) atoms. The number of hydrogen-bond donors (Lipinski definition) is 3. The Balaban J connectivity index is 1.92. The van der Waals surface area contributed by atoms with E-state index in [0.717, 1.165) is 25.7 Å². The number of carbonyl (C=O) groups excluding carboxylic acids is 2. The third kappa shape index (κ3) is 4.38. The topological polar surface area (TPSA) is 93.5 Å². The number of rotatable bonds is 6. The number of anilines is 1. The van der Waals surface area contributed by atoms with Crippen molar-refractivity contribution in [2.45, 2.75) is 38.6 Å². The van der Waals surface area contributed by atoms with Crippen LogP contribution in [0.25, 0.3) is 0 Å². The highest BCUT2D eigenvalue weighted by molar-refractivity contribution is 5.95. The third-order valence-electron chi connectivity index (χ3n) is 3.69. The van der Waals surface area contributed by atoms with E-state index in [1.54, 1.807) is 18.2 Å². The van der Waals surface area contributed by atoms with Gasteiger partial charge in [0.15, 0.2) is 6.61 Å². The Morgan fingerprint density at radius 2 is 2.05 bits per heavy atom. The lowest BCUT2D eigenvalue weighted by Crippen LogP contribution is -2.36. The van der Waals surface area contributed by atoms with Gasteiger partial charge in [0.25, 0.3) is 11.8 Å². The van der Waals surface area contributed by atoms with Crippen molar-refractivity contribution in [3.05, 3.63) is 23.8 Å². The summed E-state index contributed by atoms with van der Waals surface area (Å²) in [5.41, 5.74) is 6.69. The molecular weight excluding hydrogens is 282 g/mol. The number of nitrogens with two attached hydrogens (primary N) is 1. The average Bonchev–Trinajstić information content (AvgIpc) is 2.99. The second-order valence-electron chi connectivity index (χ2n) is 5.45. The zero-order chi connectivity index (χ0) is 15.9. The third-order valence-corrected chi connectivity index (χ3v) is 3.69. The van der Waals surface area contributed by atoms with E-state index in [9.17, 15) is 9.59 Å². The van der Waals surface area contributed by atoms with Crippen molar-refractivity contribution in [2.24, 2.45) is 0 Å². The minimum atomic E-state index is -0.192. The molecule has 2 rings (SSSR count). The minimum Gasteiger partial charge on any atom is -0.482 e. The maximum atomic E-state index is 11.8. The second-order valence-corrected chi connectivity index (χ2v) is 5.45. The molecule has 1 aliphatic rings. The van der Waals surface area contributed by atoms with E-state index in [2.05, 4.69) is 10.6 Å². The first-order valence-corrected chi connectivity index (χ1v) is 7.70. The smallest absolute Gasteiger partial charge is 0.258 e. The lowest BCUT2D eigenvalue weighted by atomic mass is 10.2. The molecule has 120 valence electrons. The monoisotopic (exact) mass is 305 g/mol. The fourth-order valence-electron chi connectivity index (χ4n) is 2.55. The summed E-state index contributed by atoms with van der Waals surface area (Å²) < 4.78 is 5.46. The second kappa shape index (κ2) is 7.68. The van der Waals surface area contributed by atoms with Crippen LogP contribution < -0.4 is 21.1 Å². The number of amides is 2. The van der Waals surface area contributed by atoms with Crippen molar-refractivity contribution < 1.29 is 14.3 Å². The summed E-state index contributed by atoms with van der Waals surface area (Å²) in [7, 11) is 0. The average molecular weight is 305 g/mol. The van der Waals surface area contributed by atoms with Crippen LogP contribution in [0.3, 0.4) is 0 Å². The predicted octanol–water partition coefficient (Wildman–Crippen LogP) is 1.46. The molecule has 0 spiro atoms. The van der Waals surface area contributed by atoms with E-state index in [1.165, 1.54) is 0 Å². The number of nitrogens with one attached hydrogen (secondary N) is 2.